The minimum atomic E-state index is 0.321. The maximum atomic E-state index is 5.33. The molecule has 0 bridgehead atoms. The molecule has 1 aromatic heterocycles. The lowest BCUT2D eigenvalue weighted by atomic mass is 10.1. The summed E-state index contributed by atoms with van der Waals surface area (Å²) in [5.74, 6) is 2.70. The van der Waals surface area contributed by atoms with E-state index < -0.39 is 0 Å². The fourth-order valence-corrected chi connectivity index (χ4v) is 1.86. The lowest BCUT2D eigenvalue weighted by molar-refractivity contribution is 0.473. The molecule has 1 rings (SSSR count). The zero-order valence-corrected chi connectivity index (χ0v) is 10.5. The topological polar surface area (TPSA) is 29.9 Å². The van der Waals surface area contributed by atoms with Gasteiger partial charge in [-0.2, -0.15) is 5.10 Å². The van der Waals surface area contributed by atoms with Gasteiger partial charge in [-0.1, -0.05) is 6.92 Å². The Hall–Kier alpha value is -1.27. The average Bonchev–Trinajstić information content (AvgIpc) is 2.58. The minimum absolute atomic E-state index is 0.321. The lowest BCUT2D eigenvalue weighted by Gasteiger charge is -2.17. The summed E-state index contributed by atoms with van der Waals surface area (Å²) in [6, 6.07) is 2.45. The van der Waals surface area contributed by atoms with Crippen LogP contribution in [0.2, 0.25) is 0 Å². The van der Waals surface area contributed by atoms with Crippen LogP contribution in [0.25, 0.3) is 0 Å². The summed E-state index contributed by atoms with van der Waals surface area (Å²) >= 11 is 0. The summed E-state index contributed by atoms with van der Waals surface area (Å²) in [7, 11) is 1.98. The van der Waals surface area contributed by atoms with Gasteiger partial charge in [-0.05, 0) is 32.4 Å². The van der Waals surface area contributed by atoms with Crippen LogP contribution in [0.5, 0.6) is 0 Å². The molecular weight excluding hydrogens is 198 g/mol. The van der Waals surface area contributed by atoms with Crippen molar-refractivity contribution in [2.75, 3.05) is 6.54 Å². The standard InChI is InChI=1S/C13H21N3/c1-5-7-8-12(14-9-6-2)13-10-11(3)15-16(13)4/h1,10,12,14H,6-9H2,2-4H3. The van der Waals surface area contributed by atoms with Crippen LogP contribution in [-0.4, -0.2) is 16.3 Å². The predicted octanol–water partition coefficient (Wildman–Crippen LogP) is 2.18. The third-order valence-electron chi connectivity index (χ3n) is 2.61. The van der Waals surface area contributed by atoms with Crippen molar-refractivity contribution in [2.24, 2.45) is 7.05 Å². The molecule has 1 heterocycles. The summed E-state index contributed by atoms with van der Waals surface area (Å²) in [4.78, 5) is 0. The maximum Gasteiger partial charge on any atom is 0.0597 e. The molecule has 1 atom stereocenters. The van der Waals surface area contributed by atoms with Gasteiger partial charge in [-0.3, -0.25) is 4.68 Å². The van der Waals surface area contributed by atoms with E-state index in [1.54, 1.807) is 0 Å². The summed E-state index contributed by atoms with van der Waals surface area (Å²) in [6.45, 7) is 5.20. The van der Waals surface area contributed by atoms with Gasteiger partial charge in [0.15, 0.2) is 0 Å². The Bertz CT molecular complexity index is 360. The Balaban J connectivity index is 2.74. The van der Waals surface area contributed by atoms with Crippen molar-refractivity contribution in [3.63, 3.8) is 0 Å². The molecule has 16 heavy (non-hydrogen) atoms. The highest BCUT2D eigenvalue weighted by Crippen LogP contribution is 2.18. The van der Waals surface area contributed by atoms with Crippen molar-refractivity contribution in [1.29, 1.82) is 0 Å². The molecule has 0 aromatic carbocycles. The summed E-state index contributed by atoms with van der Waals surface area (Å²) in [6.07, 6.45) is 8.22. The second-order valence-corrected chi connectivity index (χ2v) is 4.08. The monoisotopic (exact) mass is 219 g/mol. The Morgan fingerprint density at radius 1 is 1.62 bits per heavy atom. The highest BCUT2D eigenvalue weighted by Gasteiger charge is 2.14. The number of hydrogen-bond acceptors (Lipinski definition) is 2. The summed E-state index contributed by atoms with van der Waals surface area (Å²) < 4.78 is 1.94. The quantitative estimate of drug-likeness (QED) is 0.743. The van der Waals surface area contributed by atoms with Gasteiger partial charge in [0, 0.05) is 13.5 Å². The van der Waals surface area contributed by atoms with E-state index >= 15 is 0 Å². The van der Waals surface area contributed by atoms with Crippen LogP contribution in [0.4, 0.5) is 0 Å². The smallest absolute Gasteiger partial charge is 0.0597 e. The number of nitrogens with zero attached hydrogens (tertiary/aromatic N) is 2. The van der Waals surface area contributed by atoms with Crippen molar-refractivity contribution in [3.8, 4) is 12.3 Å². The fourth-order valence-electron chi connectivity index (χ4n) is 1.86. The van der Waals surface area contributed by atoms with E-state index in [9.17, 15) is 0 Å². The van der Waals surface area contributed by atoms with Gasteiger partial charge in [-0.25, -0.2) is 0 Å². The van der Waals surface area contributed by atoms with Gasteiger partial charge < -0.3 is 5.32 Å². The molecule has 3 heteroatoms. The minimum Gasteiger partial charge on any atom is -0.309 e. The second kappa shape index (κ2) is 6.34. The molecule has 0 aliphatic rings. The first-order chi connectivity index (χ1) is 7.69. The molecule has 0 aliphatic heterocycles. The first-order valence-corrected chi connectivity index (χ1v) is 5.86. The molecule has 0 fully saturated rings. The van der Waals surface area contributed by atoms with Gasteiger partial charge >= 0.3 is 0 Å². The van der Waals surface area contributed by atoms with E-state index in [0.717, 1.165) is 31.5 Å². The summed E-state index contributed by atoms with van der Waals surface area (Å²) in [5, 5.41) is 7.89. The van der Waals surface area contributed by atoms with Crippen molar-refractivity contribution >= 4 is 0 Å². The number of aryl methyl sites for hydroxylation is 2. The van der Waals surface area contributed by atoms with Crippen LogP contribution in [0.3, 0.4) is 0 Å². The van der Waals surface area contributed by atoms with E-state index in [2.05, 4.69) is 29.3 Å². The van der Waals surface area contributed by atoms with Crippen LogP contribution in [0.1, 0.15) is 43.6 Å². The van der Waals surface area contributed by atoms with Gasteiger partial charge in [0.25, 0.3) is 0 Å². The maximum absolute atomic E-state index is 5.33. The van der Waals surface area contributed by atoms with Crippen LogP contribution in [0.15, 0.2) is 6.07 Å². The second-order valence-electron chi connectivity index (χ2n) is 4.08. The van der Waals surface area contributed by atoms with Crippen LogP contribution >= 0.6 is 0 Å². The van der Waals surface area contributed by atoms with E-state index in [-0.39, 0.29) is 0 Å². The van der Waals surface area contributed by atoms with E-state index in [0.29, 0.717) is 6.04 Å². The van der Waals surface area contributed by atoms with E-state index in [1.807, 2.05) is 18.7 Å². The zero-order chi connectivity index (χ0) is 12.0. The fraction of sp³-hybridized carbons (Fsp3) is 0.615. The largest absolute Gasteiger partial charge is 0.309 e. The molecule has 1 aromatic rings. The zero-order valence-electron chi connectivity index (χ0n) is 10.5. The molecule has 0 radical (unpaired) electrons. The normalized spacial score (nSPS) is 12.4. The highest BCUT2D eigenvalue weighted by molar-refractivity contribution is 5.13. The Morgan fingerprint density at radius 2 is 2.38 bits per heavy atom. The number of hydrogen-bond donors (Lipinski definition) is 1. The molecule has 0 saturated heterocycles. The lowest BCUT2D eigenvalue weighted by Crippen LogP contribution is -2.24. The van der Waals surface area contributed by atoms with Crippen molar-refractivity contribution in [3.05, 3.63) is 17.5 Å². The SMILES string of the molecule is C#CCCC(NCCC)c1cc(C)nn1C. The third kappa shape index (κ3) is 3.39. The number of terminal acetylenes is 1. The van der Waals surface area contributed by atoms with Gasteiger partial charge in [0.2, 0.25) is 0 Å². The van der Waals surface area contributed by atoms with Crippen LogP contribution in [-0.2, 0) is 7.05 Å². The molecule has 0 saturated carbocycles. The van der Waals surface area contributed by atoms with Gasteiger partial charge in [0.1, 0.15) is 0 Å². The Kier molecular flexibility index (Phi) is 5.07. The van der Waals surface area contributed by atoms with Crippen LogP contribution < -0.4 is 5.32 Å². The molecule has 3 nitrogen and oxygen atoms in total. The van der Waals surface area contributed by atoms with Crippen molar-refractivity contribution in [2.45, 2.75) is 39.2 Å². The third-order valence-corrected chi connectivity index (χ3v) is 2.61. The predicted molar refractivity (Wildman–Crippen MR) is 67.0 cm³/mol. The van der Waals surface area contributed by atoms with Gasteiger partial charge in [0.05, 0.1) is 17.4 Å². The molecular formula is C13H21N3. The Morgan fingerprint density at radius 3 is 2.88 bits per heavy atom. The summed E-state index contributed by atoms with van der Waals surface area (Å²) in [5.41, 5.74) is 2.28. The Labute approximate surface area is 98.2 Å². The molecule has 88 valence electrons. The van der Waals surface area contributed by atoms with Crippen molar-refractivity contribution in [1.82, 2.24) is 15.1 Å². The molecule has 0 spiro atoms. The highest BCUT2D eigenvalue weighted by atomic mass is 15.3. The van der Waals surface area contributed by atoms with Crippen LogP contribution in [0, 0.1) is 19.3 Å². The number of nitrogens with one attached hydrogen (secondary N) is 1. The first-order valence-electron chi connectivity index (χ1n) is 5.86. The first kappa shape index (κ1) is 12.8. The molecule has 0 amide bonds. The number of aromatic nitrogens is 2. The van der Waals surface area contributed by atoms with Gasteiger partial charge in [-0.15, -0.1) is 12.3 Å². The molecule has 1 unspecified atom stereocenters. The average molecular weight is 219 g/mol. The van der Waals surface area contributed by atoms with E-state index in [4.69, 9.17) is 6.42 Å². The number of rotatable bonds is 6. The van der Waals surface area contributed by atoms with E-state index in [1.165, 1.54) is 5.69 Å². The van der Waals surface area contributed by atoms with Crippen molar-refractivity contribution < 1.29 is 0 Å². The molecule has 1 N–H and O–H groups in total. The molecule has 0 aliphatic carbocycles.